The van der Waals surface area contributed by atoms with Gasteiger partial charge >= 0.3 is 0 Å². The van der Waals surface area contributed by atoms with E-state index in [0.29, 0.717) is 16.8 Å². The molecule has 0 amide bonds. The molecule has 1 spiro atoms. The van der Waals surface area contributed by atoms with Crippen molar-refractivity contribution in [3.8, 4) is 0 Å². The lowest BCUT2D eigenvalue weighted by Crippen LogP contribution is -2.48. The minimum absolute atomic E-state index is 0.118. The monoisotopic (exact) mass is 414 g/mol. The molecule has 2 fully saturated rings. The molecule has 0 radical (unpaired) electrons. The molecule has 7 nitrogen and oxygen atoms in total. The zero-order valence-electron chi connectivity index (χ0n) is 17.4. The number of nitrogen functional groups attached to an aromatic ring is 1. The average molecular weight is 415 g/mol. The van der Waals surface area contributed by atoms with Gasteiger partial charge in [-0.05, 0) is 56.1 Å². The van der Waals surface area contributed by atoms with Gasteiger partial charge in [-0.25, -0.2) is 0 Å². The summed E-state index contributed by atoms with van der Waals surface area (Å²) in [5, 5.41) is 0. The molecule has 2 atom stereocenters. The summed E-state index contributed by atoms with van der Waals surface area (Å²) in [6, 6.07) is 4.08. The minimum atomic E-state index is -0.118. The van der Waals surface area contributed by atoms with Crippen molar-refractivity contribution in [2.75, 3.05) is 23.7 Å². The summed E-state index contributed by atoms with van der Waals surface area (Å²) >= 11 is 1.33. The van der Waals surface area contributed by atoms with Crippen molar-refractivity contribution in [2.45, 2.75) is 55.4 Å². The molecule has 4 N–H and O–H groups in total. The summed E-state index contributed by atoms with van der Waals surface area (Å²) in [6.45, 7) is 5.93. The zero-order valence-corrected chi connectivity index (χ0v) is 18.2. The normalized spacial score (nSPS) is 23.7. The lowest BCUT2D eigenvalue weighted by Gasteiger charge is -2.42. The Kier molecular flexibility index (Phi) is 5.33. The lowest BCUT2D eigenvalue weighted by atomic mass is 9.74. The molecule has 3 heterocycles. The third-order valence-electron chi connectivity index (χ3n) is 6.66. The third kappa shape index (κ3) is 3.64. The Hall–Kier alpha value is -2.06. The van der Waals surface area contributed by atoms with Gasteiger partial charge in [-0.1, -0.05) is 18.7 Å². The third-order valence-corrected chi connectivity index (χ3v) is 7.90. The van der Waals surface area contributed by atoms with Crippen LogP contribution in [0.2, 0.25) is 0 Å². The molecule has 1 aliphatic carbocycles. The summed E-state index contributed by atoms with van der Waals surface area (Å²) in [5.41, 5.74) is 13.7. The van der Waals surface area contributed by atoms with Crippen LogP contribution in [0.5, 0.6) is 0 Å². The number of anilines is 2. The first-order chi connectivity index (χ1) is 13.8. The number of nitrogens with two attached hydrogens (primary N) is 2. The molecule has 156 valence electrons. The van der Waals surface area contributed by atoms with E-state index in [-0.39, 0.29) is 22.8 Å². The Balaban J connectivity index is 1.57. The molecular formula is C21H30N6OS. The Morgan fingerprint density at radius 3 is 2.66 bits per heavy atom. The first-order valence-electron chi connectivity index (χ1n) is 10.3. The number of aromatic nitrogens is 3. The number of nitrogens with zero attached hydrogens (tertiary/aromatic N) is 4. The fraction of sp³-hybridized carbons (Fsp3) is 0.571. The number of hydrogen-bond acceptors (Lipinski definition) is 7. The molecule has 1 aliphatic heterocycles. The van der Waals surface area contributed by atoms with Gasteiger partial charge in [-0.2, -0.15) is 4.98 Å². The predicted molar refractivity (Wildman–Crippen MR) is 117 cm³/mol. The molecule has 0 aromatic carbocycles. The van der Waals surface area contributed by atoms with Crippen LogP contribution in [-0.2, 0) is 7.05 Å². The number of piperidine rings is 1. The smallest absolute Gasteiger partial charge is 0.270 e. The van der Waals surface area contributed by atoms with Crippen molar-refractivity contribution in [1.29, 1.82) is 0 Å². The van der Waals surface area contributed by atoms with E-state index >= 15 is 0 Å². The van der Waals surface area contributed by atoms with Gasteiger partial charge in [0.05, 0.1) is 5.69 Å². The molecule has 4 rings (SSSR count). The highest BCUT2D eigenvalue weighted by molar-refractivity contribution is 7.99. The quantitative estimate of drug-likeness (QED) is 0.795. The van der Waals surface area contributed by atoms with E-state index in [2.05, 4.69) is 21.8 Å². The van der Waals surface area contributed by atoms with Crippen molar-refractivity contribution in [3.05, 3.63) is 34.4 Å². The fourth-order valence-electron chi connectivity index (χ4n) is 4.99. The minimum Gasteiger partial charge on any atom is -0.382 e. The van der Waals surface area contributed by atoms with Crippen LogP contribution in [0, 0.1) is 18.3 Å². The van der Waals surface area contributed by atoms with Crippen LogP contribution in [0.15, 0.2) is 32.9 Å². The Labute approximate surface area is 175 Å². The average Bonchev–Trinajstić information content (AvgIpc) is 2.97. The highest BCUT2D eigenvalue weighted by Crippen LogP contribution is 2.48. The van der Waals surface area contributed by atoms with Gasteiger partial charge < -0.3 is 16.4 Å². The van der Waals surface area contributed by atoms with Gasteiger partial charge in [0.2, 0.25) is 5.95 Å². The maximum atomic E-state index is 13.1. The topological polar surface area (TPSA) is 103 Å². The van der Waals surface area contributed by atoms with Crippen molar-refractivity contribution in [1.82, 2.24) is 14.5 Å². The first kappa shape index (κ1) is 20.2. The van der Waals surface area contributed by atoms with E-state index in [1.54, 1.807) is 17.8 Å². The van der Waals surface area contributed by atoms with Gasteiger partial charge in [-0.15, -0.1) is 0 Å². The second-order valence-electron chi connectivity index (χ2n) is 8.68. The van der Waals surface area contributed by atoms with Crippen molar-refractivity contribution >= 4 is 23.5 Å². The van der Waals surface area contributed by atoms with Crippen molar-refractivity contribution in [3.63, 3.8) is 0 Å². The fourth-order valence-corrected chi connectivity index (χ4v) is 5.93. The Morgan fingerprint density at radius 2 is 2.03 bits per heavy atom. The van der Waals surface area contributed by atoms with Crippen LogP contribution in [0.4, 0.5) is 11.8 Å². The van der Waals surface area contributed by atoms with Gasteiger partial charge in [0, 0.05) is 37.3 Å². The maximum Gasteiger partial charge on any atom is 0.270 e. The van der Waals surface area contributed by atoms with Crippen molar-refractivity contribution < 1.29 is 0 Å². The number of rotatable bonds is 3. The summed E-state index contributed by atoms with van der Waals surface area (Å²) in [4.78, 5) is 25.5. The van der Waals surface area contributed by atoms with Crippen LogP contribution >= 0.6 is 11.8 Å². The molecular weight excluding hydrogens is 384 g/mol. The summed E-state index contributed by atoms with van der Waals surface area (Å²) < 4.78 is 1.62. The van der Waals surface area contributed by atoms with Crippen LogP contribution in [0.3, 0.4) is 0 Å². The van der Waals surface area contributed by atoms with Gasteiger partial charge in [0.25, 0.3) is 5.56 Å². The second-order valence-corrected chi connectivity index (χ2v) is 9.73. The summed E-state index contributed by atoms with van der Waals surface area (Å²) in [6.07, 6.45) is 6.14. The molecule has 8 heteroatoms. The molecule has 1 saturated heterocycles. The summed E-state index contributed by atoms with van der Waals surface area (Å²) in [7, 11) is 1.78. The maximum absolute atomic E-state index is 13.1. The molecule has 29 heavy (non-hydrogen) atoms. The van der Waals surface area contributed by atoms with Gasteiger partial charge in [-0.3, -0.25) is 14.3 Å². The highest BCUT2D eigenvalue weighted by atomic mass is 32.2. The van der Waals surface area contributed by atoms with Crippen LogP contribution in [0.25, 0.3) is 0 Å². The lowest BCUT2D eigenvalue weighted by molar-refractivity contribution is 0.192. The number of aryl methyl sites for hydroxylation is 1. The van der Waals surface area contributed by atoms with E-state index in [9.17, 15) is 4.79 Å². The predicted octanol–water partition coefficient (Wildman–Crippen LogP) is 2.56. The van der Waals surface area contributed by atoms with Gasteiger partial charge in [0.1, 0.15) is 10.7 Å². The molecule has 0 unspecified atom stereocenters. The van der Waals surface area contributed by atoms with E-state index in [1.807, 2.05) is 19.1 Å². The summed E-state index contributed by atoms with van der Waals surface area (Å²) in [5.74, 6) is 1.62. The second kappa shape index (κ2) is 7.65. The zero-order chi connectivity index (χ0) is 20.8. The number of hydrogen-bond donors (Lipinski definition) is 2. The standard InChI is InChI=1S/C21H30N6OS/c1-13-11-16(22)21(12-13)6-9-27(10-7-21)20-25-18(23)17(19(28)26(20)3)29-15-5-4-8-24-14(15)2/h4-5,8,13,16H,6-7,9-12,22-23H2,1-3H3/t13-,16+/m0/s1. The van der Waals surface area contributed by atoms with Crippen molar-refractivity contribution in [2.24, 2.45) is 24.1 Å². The van der Waals surface area contributed by atoms with Crippen LogP contribution in [-0.4, -0.2) is 33.7 Å². The van der Waals surface area contributed by atoms with E-state index in [1.165, 1.54) is 18.2 Å². The largest absolute Gasteiger partial charge is 0.382 e. The molecule has 2 aromatic rings. The molecule has 1 saturated carbocycles. The Bertz CT molecular complexity index is 966. The van der Waals surface area contributed by atoms with Crippen LogP contribution in [0.1, 0.15) is 38.3 Å². The molecule has 2 aliphatic rings. The Morgan fingerprint density at radius 1 is 1.31 bits per heavy atom. The van der Waals surface area contributed by atoms with Gasteiger partial charge in [0.15, 0.2) is 0 Å². The van der Waals surface area contributed by atoms with Crippen LogP contribution < -0.4 is 21.9 Å². The SMILES string of the molecule is Cc1ncccc1Sc1c(N)nc(N2CCC3(CC2)C[C@@H](C)C[C@H]3N)n(C)c1=O. The molecule has 0 bridgehead atoms. The first-order valence-corrected chi connectivity index (χ1v) is 11.1. The van der Waals surface area contributed by atoms with E-state index < -0.39 is 0 Å². The van der Waals surface area contributed by atoms with E-state index in [0.717, 1.165) is 42.9 Å². The highest BCUT2D eigenvalue weighted by Gasteiger charge is 2.46. The number of pyridine rings is 1. The van der Waals surface area contributed by atoms with E-state index in [4.69, 9.17) is 11.5 Å². The molecule has 2 aromatic heterocycles.